The number of benzene rings is 1. The molecule has 0 radical (unpaired) electrons. The third kappa shape index (κ3) is 3.41. The summed E-state index contributed by atoms with van der Waals surface area (Å²) in [6, 6.07) is 7.47. The van der Waals surface area contributed by atoms with Gasteiger partial charge < -0.3 is 15.0 Å². The number of aromatic nitrogens is 2. The lowest BCUT2D eigenvalue weighted by Crippen LogP contribution is -2.37. The molecular formula is C20H24N4O3. The van der Waals surface area contributed by atoms with Crippen molar-refractivity contribution in [2.75, 3.05) is 30.4 Å². The molecule has 1 unspecified atom stereocenters. The number of carbonyl (C=O) groups is 1. The molecule has 1 fully saturated rings. The van der Waals surface area contributed by atoms with Gasteiger partial charge in [-0.05, 0) is 36.5 Å². The minimum absolute atomic E-state index is 0.125. The van der Waals surface area contributed by atoms with Crippen LogP contribution >= 0.6 is 0 Å². The predicted molar refractivity (Wildman–Crippen MR) is 104 cm³/mol. The van der Waals surface area contributed by atoms with Gasteiger partial charge in [-0.3, -0.25) is 14.6 Å². The molecule has 0 spiro atoms. The lowest BCUT2D eigenvalue weighted by molar-refractivity contribution is -0.116. The van der Waals surface area contributed by atoms with Gasteiger partial charge in [-0.2, -0.15) is 4.98 Å². The Morgan fingerprint density at radius 2 is 1.85 bits per heavy atom. The quantitative estimate of drug-likeness (QED) is 0.869. The number of nitrogens with one attached hydrogen (secondary N) is 2. The van der Waals surface area contributed by atoms with Gasteiger partial charge in [-0.15, -0.1) is 0 Å². The Balaban J connectivity index is 1.71. The molecule has 1 amide bonds. The molecule has 0 saturated carbocycles. The van der Waals surface area contributed by atoms with Crippen LogP contribution in [0.4, 0.5) is 11.8 Å². The van der Waals surface area contributed by atoms with Crippen molar-refractivity contribution in [3.05, 3.63) is 45.7 Å². The summed E-state index contributed by atoms with van der Waals surface area (Å²) in [7, 11) is 1.61. The maximum Gasteiger partial charge on any atom is 0.258 e. The number of rotatable bonds is 3. The second-order valence-corrected chi connectivity index (χ2v) is 7.40. The summed E-state index contributed by atoms with van der Waals surface area (Å²) in [6.07, 6.45) is 2.37. The Kier molecular flexibility index (Phi) is 4.59. The second-order valence-electron chi connectivity index (χ2n) is 7.40. The fourth-order valence-corrected chi connectivity index (χ4v) is 3.85. The zero-order chi connectivity index (χ0) is 19.0. The van der Waals surface area contributed by atoms with Crippen LogP contribution in [0.3, 0.4) is 0 Å². The molecule has 4 rings (SSSR count). The summed E-state index contributed by atoms with van der Waals surface area (Å²) in [5.74, 6) is 1.91. The highest BCUT2D eigenvalue weighted by molar-refractivity contribution is 5.94. The highest BCUT2D eigenvalue weighted by Gasteiger charge is 2.31. The number of carbonyl (C=O) groups excluding carboxylic acids is 1. The van der Waals surface area contributed by atoms with Crippen molar-refractivity contribution < 1.29 is 9.53 Å². The van der Waals surface area contributed by atoms with Crippen LogP contribution in [-0.4, -0.2) is 36.1 Å². The van der Waals surface area contributed by atoms with Crippen molar-refractivity contribution in [1.29, 1.82) is 0 Å². The van der Waals surface area contributed by atoms with Gasteiger partial charge in [0.1, 0.15) is 11.6 Å². The maximum absolute atomic E-state index is 12.9. The number of aromatic amines is 1. The van der Waals surface area contributed by atoms with E-state index in [1.54, 1.807) is 7.11 Å². The third-order valence-corrected chi connectivity index (χ3v) is 5.54. The first-order valence-corrected chi connectivity index (χ1v) is 9.38. The molecule has 7 heteroatoms. The minimum Gasteiger partial charge on any atom is -0.497 e. The largest absolute Gasteiger partial charge is 0.497 e. The zero-order valence-electron chi connectivity index (χ0n) is 15.6. The maximum atomic E-state index is 12.9. The Bertz CT molecular complexity index is 898. The van der Waals surface area contributed by atoms with E-state index in [2.05, 4.69) is 27.1 Å². The van der Waals surface area contributed by atoms with Crippen LogP contribution in [0, 0.1) is 5.92 Å². The van der Waals surface area contributed by atoms with Crippen LogP contribution in [0.1, 0.15) is 43.2 Å². The molecule has 27 heavy (non-hydrogen) atoms. The molecule has 1 aromatic heterocycles. The Morgan fingerprint density at radius 3 is 2.52 bits per heavy atom. The first-order chi connectivity index (χ1) is 13.0. The Hall–Kier alpha value is -2.83. The van der Waals surface area contributed by atoms with E-state index < -0.39 is 0 Å². The molecule has 142 valence electrons. The molecule has 3 heterocycles. The standard InChI is InChI=1S/C20H24N4O3/c1-12-7-9-24(10-8-12)20-22-18-17(19(26)23-20)15(11-16(25)21-18)13-3-5-14(27-2)6-4-13/h3-6,12,15H,7-11H2,1-2H3,(H2,21,22,23,25,26). The van der Waals surface area contributed by atoms with Crippen LogP contribution in [0.2, 0.25) is 0 Å². The van der Waals surface area contributed by atoms with Gasteiger partial charge >= 0.3 is 0 Å². The summed E-state index contributed by atoms with van der Waals surface area (Å²) in [6.45, 7) is 3.96. The van der Waals surface area contributed by atoms with Gasteiger partial charge in [0, 0.05) is 25.4 Å². The molecule has 2 N–H and O–H groups in total. The monoisotopic (exact) mass is 368 g/mol. The highest BCUT2D eigenvalue weighted by atomic mass is 16.5. The average molecular weight is 368 g/mol. The summed E-state index contributed by atoms with van der Waals surface area (Å²) in [4.78, 5) is 34.8. The number of piperidine rings is 1. The number of nitrogens with zero attached hydrogens (tertiary/aromatic N) is 2. The van der Waals surface area contributed by atoms with E-state index in [1.807, 2.05) is 24.3 Å². The van der Waals surface area contributed by atoms with E-state index in [0.717, 1.165) is 37.2 Å². The number of methoxy groups -OCH3 is 1. The van der Waals surface area contributed by atoms with Crippen molar-refractivity contribution in [2.45, 2.75) is 32.1 Å². The number of hydrogen-bond acceptors (Lipinski definition) is 5. The van der Waals surface area contributed by atoms with Crippen molar-refractivity contribution >= 4 is 17.7 Å². The van der Waals surface area contributed by atoms with E-state index in [9.17, 15) is 9.59 Å². The van der Waals surface area contributed by atoms with Gasteiger partial charge in [0.05, 0.1) is 12.7 Å². The van der Waals surface area contributed by atoms with Crippen LogP contribution in [0.25, 0.3) is 0 Å². The minimum atomic E-state index is -0.314. The molecule has 2 aliphatic rings. The Morgan fingerprint density at radius 1 is 1.15 bits per heavy atom. The summed E-state index contributed by atoms with van der Waals surface area (Å²) >= 11 is 0. The topological polar surface area (TPSA) is 87.3 Å². The molecule has 2 aliphatic heterocycles. The Labute approximate surface area is 157 Å². The van der Waals surface area contributed by atoms with Crippen LogP contribution < -0.4 is 20.5 Å². The average Bonchev–Trinajstić information content (AvgIpc) is 2.67. The number of amides is 1. The molecule has 1 atom stereocenters. The van der Waals surface area contributed by atoms with Gasteiger partial charge in [0.15, 0.2) is 0 Å². The van der Waals surface area contributed by atoms with E-state index in [0.29, 0.717) is 23.2 Å². The van der Waals surface area contributed by atoms with Gasteiger partial charge in [-0.25, -0.2) is 0 Å². The second kappa shape index (κ2) is 7.06. The van der Waals surface area contributed by atoms with E-state index in [4.69, 9.17) is 4.74 Å². The summed E-state index contributed by atoms with van der Waals surface area (Å²) < 4.78 is 5.20. The van der Waals surface area contributed by atoms with E-state index >= 15 is 0 Å². The van der Waals surface area contributed by atoms with Gasteiger partial charge in [0.25, 0.3) is 5.56 Å². The van der Waals surface area contributed by atoms with E-state index in [-0.39, 0.29) is 23.8 Å². The molecule has 1 aromatic carbocycles. The van der Waals surface area contributed by atoms with Crippen molar-refractivity contribution in [2.24, 2.45) is 5.92 Å². The smallest absolute Gasteiger partial charge is 0.258 e. The van der Waals surface area contributed by atoms with Crippen LogP contribution in [0.5, 0.6) is 5.75 Å². The molecule has 2 aromatic rings. The SMILES string of the molecule is COc1ccc(C2CC(=O)Nc3nc(N4CCC(C)CC4)[nH]c(=O)c32)cc1. The first kappa shape index (κ1) is 17.6. The van der Waals surface area contributed by atoms with Crippen molar-refractivity contribution in [3.8, 4) is 5.75 Å². The van der Waals surface area contributed by atoms with Crippen LogP contribution in [0.15, 0.2) is 29.1 Å². The number of fused-ring (bicyclic) bond motifs is 1. The molecular weight excluding hydrogens is 344 g/mol. The zero-order valence-corrected chi connectivity index (χ0v) is 15.6. The third-order valence-electron chi connectivity index (χ3n) is 5.54. The van der Waals surface area contributed by atoms with Gasteiger partial charge in [0.2, 0.25) is 11.9 Å². The fourth-order valence-electron chi connectivity index (χ4n) is 3.85. The van der Waals surface area contributed by atoms with Crippen LogP contribution in [-0.2, 0) is 4.79 Å². The number of anilines is 2. The summed E-state index contributed by atoms with van der Waals surface area (Å²) in [5.41, 5.74) is 1.24. The predicted octanol–water partition coefficient (Wildman–Crippen LogP) is 2.49. The normalized spacial score (nSPS) is 20.1. The van der Waals surface area contributed by atoms with Gasteiger partial charge in [-0.1, -0.05) is 19.1 Å². The lowest BCUT2D eigenvalue weighted by atomic mass is 9.87. The molecule has 1 saturated heterocycles. The van der Waals surface area contributed by atoms with Crippen molar-refractivity contribution in [3.63, 3.8) is 0 Å². The summed E-state index contributed by atoms with van der Waals surface area (Å²) in [5, 5.41) is 2.79. The molecule has 7 nitrogen and oxygen atoms in total. The molecule has 0 bridgehead atoms. The van der Waals surface area contributed by atoms with Crippen molar-refractivity contribution in [1.82, 2.24) is 9.97 Å². The number of ether oxygens (including phenoxy) is 1. The number of H-pyrrole nitrogens is 1. The first-order valence-electron chi connectivity index (χ1n) is 9.38. The fraction of sp³-hybridized carbons (Fsp3) is 0.450. The van der Waals surface area contributed by atoms with E-state index in [1.165, 1.54) is 0 Å². The highest BCUT2D eigenvalue weighted by Crippen LogP contribution is 2.35. The molecule has 0 aliphatic carbocycles. The number of hydrogen-bond donors (Lipinski definition) is 2. The lowest BCUT2D eigenvalue weighted by Gasteiger charge is -2.32.